The van der Waals surface area contributed by atoms with Gasteiger partial charge in [0.2, 0.25) is 5.91 Å². The lowest BCUT2D eigenvalue weighted by molar-refractivity contribution is -0.137. The first-order chi connectivity index (χ1) is 24.7. The van der Waals surface area contributed by atoms with Crippen molar-refractivity contribution in [2.24, 2.45) is 0 Å². The third kappa shape index (κ3) is 11.5. The second-order valence-electron chi connectivity index (χ2n) is 12.3. The van der Waals surface area contributed by atoms with Gasteiger partial charge in [0.25, 0.3) is 5.91 Å². The molecule has 0 aliphatic heterocycles. The maximum Gasteiger partial charge on any atom is 0.407 e. The molecule has 12 nitrogen and oxygen atoms in total. The zero-order chi connectivity index (χ0) is 36.6. The predicted octanol–water partition coefficient (Wildman–Crippen LogP) is 5.78. The maximum atomic E-state index is 13.6. The van der Waals surface area contributed by atoms with E-state index < -0.39 is 30.6 Å². The molecule has 272 valence electrons. The molecule has 0 radical (unpaired) electrons. The lowest BCUT2D eigenvalue weighted by Gasteiger charge is -2.19. The lowest BCUT2D eigenvalue weighted by atomic mass is 10.0. The van der Waals surface area contributed by atoms with E-state index in [2.05, 4.69) is 16.0 Å². The van der Waals surface area contributed by atoms with Crippen LogP contribution >= 0.6 is 0 Å². The van der Waals surface area contributed by atoms with Gasteiger partial charge in [0.05, 0.1) is 14.2 Å². The summed E-state index contributed by atoms with van der Waals surface area (Å²) in [5.74, 6) is -0.382. The van der Waals surface area contributed by atoms with Crippen molar-refractivity contribution in [3.8, 4) is 11.5 Å². The molecule has 3 aromatic carbocycles. The van der Waals surface area contributed by atoms with Crippen LogP contribution in [0.4, 0.5) is 4.79 Å². The molecule has 4 aromatic rings. The molecule has 0 bridgehead atoms. The molecule has 0 spiro atoms. The summed E-state index contributed by atoms with van der Waals surface area (Å²) in [6.45, 7) is 2.50. The number of carbonyl (C=O) groups excluding carboxylic acids is 3. The average molecular weight is 701 g/mol. The number of aliphatic carboxylic acids is 1. The van der Waals surface area contributed by atoms with Crippen molar-refractivity contribution in [1.82, 2.24) is 20.5 Å². The molecule has 0 aliphatic rings. The normalized spacial score (nSPS) is 11.4. The number of hydrogen-bond acceptors (Lipinski definition) is 7. The van der Waals surface area contributed by atoms with Crippen LogP contribution in [0.2, 0.25) is 0 Å². The fourth-order valence-corrected chi connectivity index (χ4v) is 5.94. The maximum absolute atomic E-state index is 13.6. The number of nitrogens with one attached hydrogen (secondary N) is 3. The molecule has 12 heteroatoms. The first-order valence-corrected chi connectivity index (χ1v) is 17.2. The summed E-state index contributed by atoms with van der Waals surface area (Å²) in [6, 6.07) is 21.2. The molecule has 4 rings (SSSR count). The van der Waals surface area contributed by atoms with E-state index in [4.69, 9.17) is 14.2 Å². The van der Waals surface area contributed by atoms with Gasteiger partial charge in [-0.05, 0) is 80.8 Å². The topological polar surface area (TPSA) is 157 Å². The number of nitrogens with zero attached hydrogens (tertiary/aromatic N) is 1. The number of aryl methyl sites for hydroxylation is 1. The second-order valence-corrected chi connectivity index (χ2v) is 12.3. The van der Waals surface area contributed by atoms with Gasteiger partial charge in [-0.1, -0.05) is 55.0 Å². The highest BCUT2D eigenvalue weighted by Crippen LogP contribution is 2.32. The Balaban J connectivity index is 1.32. The van der Waals surface area contributed by atoms with Gasteiger partial charge in [0, 0.05) is 29.6 Å². The Kier molecular flexibility index (Phi) is 14.7. The van der Waals surface area contributed by atoms with Crippen LogP contribution in [-0.4, -0.2) is 66.9 Å². The number of carboxylic acid groups (broad SMARTS) is 1. The van der Waals surface area contributed by atoms with Gasteiger partial charge in [-0.3, -0.25) is 14.4 Å². The summed E-state index contributed by atoms with van der Waals surface area (Å²) < 4.78 is 17.8. The number of carboxylic acids is 1. The minimum Gasteiger partial charge on any atom is -0.496 e. The number of rotatable bonds is 20. The van der Waals surface area contributed by atoms with E-state index in [0.29, 0.717) is 37.9 Å². The van der Waals surface area contributed by atoms with E-state index in [1.54, 1.807) is 38.5 Å². The Morgan fingerprint density at radius 2 is 1.47 bits per heavy atom. The summed E-state index contributed by atoms with van der Waals surface area (Å²) in [7, 11) is 3.29. The van der Waals surface area contributed by atoms with E-state index in [1.165, 1.54) is 4.57 Å². The van der Waals surface area contributed by atoms with E-state index in [1.807, 2.05) is 55.5 Å². The quantitative estimate of drug-likeness (QED) is 0.0846. The third-order valence-electron chi connectivity index (χ3n) is 8.52. The van der Waals surface area contributed by atoms with Crippen LogP contribution in [0.15, 0.2) is 72.8 Å². The number of para-hydroxylation sites is 1. The number of aromatic nitrogens is 1. The summed E-state index contributed by atoms with van der Waals surface area (Å²) in [5.41, 5.74) is 3.71. The van der Waals surface area contributed by atoms with E-state index >= 15 is 0 Å². The molecule has 1 heterocycles. The van der Waals surface area contributed by atoms with Crippen molar-refractivity contribution in [2.75, 3.05) is 27.3 Å². The van der Waals surface area contributed by atoms with Crippen LogP contribution < -0.4 is 25.4 Å². The predicted molar refractivity (Wildman–Crippen MR) is 194 cm³/mol. The number of benzene rings is 3. The molecule has 4 N–H and O–H groups in total. The molecule has 1 atom stereocenters. The number of carbonyl (C=O) groups is 4. The highest BCUT2D eigenvalue weighted by molar-refractivity contribution is 6.01. The first-order valence-electron chi connectivity index (χ1n) is 17.2. The molecule has 3 amide bonds. The molecule has 0 saturated heterocycles. The Labute approximate surface area is 298 Å². The van der Waals surface area contributed by atoms with Gasteiger partial charge >= 0.3 is 12.1 Å². The fourth-order valence-electron chi connectivity index (χ4n) is 5.94. The fraction of sp³-hybridized carbons (Fsp3) is 0.385. The molecule has 1 aromatic heterocycles. The van der Waals surface area contributed by atoms with Crippen molar-refractivity contribution >= 4 is 34.8 Å². The molecule has 0 saturated carbocycles. The number of unbranched alkanes of at least 4 members (excludes halogenated alkanes) is 3. The number of methoxy groups -OCH3 is 2. The summed E-state index contributed by atoms with van der Waals surface area (Å²) >= 11 is 0. The lowest BCUT2D eigenvalue weighted by Crippen LogP contribution is -2.47. The van der Waals surface area contributed by atoms with Gasteiger partial charge in [-0.25, -0.2) is 4.79 Å². The van der Waals surface area contributed by atoms with Gasteiger partial charge in [-0.2, -0.15) is 0 Å². The van der Waals surface area contributed by atoms with Crippen LogP contribution in [0.3, 0.4) is 0 Å². The zero-order valence-electron chi connectivity index (χ0n) is 29.5. The second kappa shape index (κ2) is 19.6. The molecular weight excluding hydrogens is 652 g/mol. The standard InChI is InChI=1S/C39H48N4O8/c1-27-22-34(49-2)30(35(23-27)50-3)17-8-5-12-20-40-37(46)31(18-11-13-21-41-39(48)51-26-28-14-6-4-7-15-28)42-38(47)33-24-29-16-9-10-19-32(29)43(33)25-36(44)45/h4,6-7,9-10,14-16,19,22-24,31H,5,8,11-13,17-18,20-21,25-26H2,1-3H3,(H,40,46)(H,41,48)(H,42,47)(H,44,45)/t31-/m1/s1. The van der Waals surface area contributed by atoms with Crippen molar-refractivity contribution in [1.29, 1.82) is 0 Å². The Bertz CT molecular complexity index is 1750. The van der Waals surface area contributed by atoms with Crippen molar-refractivity contribution in [3.63, 3.8) is 0 Å². The minimum absolute atomic E-state index is 0.154. The number of amides is 3. The summed E-state index contributed by atoms with van der Waals surface area (Å²) in [6.07, 6.45) is 4.04. The SMILES string of the molecule is COc1cc(C)cc(OC)c1CCCCCNC(=O)[C@@H](CCCCNC(=O)OCc1ccccc1)NC(=O)c1cc2ccccc2n1CC(=O)O. The van der Waals surface area contributed by atoms with Crippen molar-refractivity contribution in [3.05, 3.63) is 95.2 Å². The highest BCUT2D eigenvalue weighted by atomic mass is 16.5. The number of alkyl carbamates (subject to hydrolysis) is 1. The highest BCUT2D eigenvalue weighted by Gasteiger charge is 2.24. The number of hydrogen-bond donors (Lipinski definition) is 4. The molecular formula is C39H48N4O8. The van der Waals surface area contributed by atoms with Crippen LogP contribution in [0.5, 0.6) is 11.5 Å². The van der Waals surface area contributed by atoms with Crippen LogP contribution in [0.1, 0.15) is 65.7 Å². The van der Waals surface area contributed by atoms with E-state index in [-0.39, 0.29) is 18.2 Å². The zero-order valence-corrected chi connectivity index (χ0v) is 29.5. The van der Waals surface area contributed by atoms with Crippen molar-refractivity contribution in [2.45, 2.75) is 71.1 Å². The van der Waals surface area contributed by atoms with E-state index in [0.717, 1.165) is 59.3 Å². The molecule has 51 heavy (non-hydrogen) atoms. The Morgan fingerprint density at radius 3 is 2.18 bits per heavy atom. The average Bonchev–Trinajstić information content (AvgIpc) is 3.49. The van der Waals surface area contributed by atoms with Gasteiger partial charge in [-0.15, -0.1) is 0 Å². The monoisotopic (exact) mass is 700 g/mol. The van der Waals surface area contributed by atoms with Gasteiger partial charge < -0.3 is 39.8 Å². The number of fused-ring (bicyclic) bond motifs is 1. The molecule has 0 aliphatic carbocycles. The van der Waals surface area contributed by atoms with Crippen LogP contribution in [0.25, 0.3) is 10.9 Å². The minimum atomic E-state index is -1.09. The van der Waals surface area contributed by atoms with Crippen LogP contribution in [0, 0.1) is 6.92 Å². The van der Waals surface area contributed by atoms with Crippen LogP contribution in [-0.2, 0) is 33.9 Å². The largest absolute Gasteiger partial charge is 0.496 e. The number of ether oxygens (including phenoxy) is 3. The molecule has 0 unspecified atom stereocenters. The molecule has 0 fully saturated rings. The third-order valence-corrected chi connectivity index (χ3v) is 8.52. The van der Waals surface area contributed by atoms with Crippen molar-refractivity contribution < 1.29 is 38.5 Å². The van der Waals surface area contributed by atoms with Gasteiger partial charge in [0.15, 0.2) is 0 Å². The summed E-state index contributed by atoms with van der Waals surface area (Å²) in [4.78, 5) is 50.8. The Morgan fingerprint density at radius 1 is 0.804 bits per heavy atom. The van der Waals surface area contributed by atoms with Gasteiger partial charge in [0.1, 0.15) is 36.4 Å². The first kappa shape index (κ1) is 38.3. The smallest absolute Gasteiger partial charge is 0.407 e. The van der Waals surface area contributed by atoms with E-state index in [9.17, 15) is 24.3 Å². The summed E-state index contributed by atoms with van der Waals surface area (Å²) in [5, 5.41) is 18.8. The Hall–Kier alpha value is -5.52.